The Labute approximate surface area is 96.2 Å². The SMILES string of the molecule is O.O=C(O)c1ccc2cc(C(=O)O)ccc2c1. The summed E-state index contributed by atoms with van der Waals surface area (Å²) in [7, 11) is 0. The van der Waals surface area contributed by atoms with Crippen LogP contribution >= 0.6 is 0 Å². The first-order chi connectivity index (χ1) is 7.58. The van der Waals surface area contributed by atoms with Gasteiger partial charge in [-0.2, -0.15) is 0 Å². The minimum Gasteiger partial charge on any atom is -0.478 e. The van der Waals surface area contributed by atoms with Crippen molar-refractivity contribution in [2.75, 3.05) is 0 Å². The van der Waals surface area contributed by atoms with Crippen LogP contribution in [-0.2, 0) is 0 Å². The standard InChI is InChI=1S/C12H8O4.H2O/c13-11(14)9-3-1-7-5-10(12(15)16)4-2-8(7)6-9;/h1-6H,(H,13,14)(H,15,16);1H2. The van der Waals surface area contributed by atoms with Crippen LogP contribution in [0.1, 0.15) is 20.7 Å². The molecule has 0 aliphatic heterocycles. The van der Waals surface area contributed by atoms with Crippen LogP contribution in [0.2, 0.25) is 0 Å². The summed E-state index contributed by atoms with van der Waals surface area (Å²) >= 11 is 0. The fourth-order valence-corrected chi connectivity index (χ4v) is 1.51. The van der Waals surface area contributed by atoms with Gasteiger partial charge in [0.25, 0.3) is 0 Å². The molecule has 4 N–H and O–H groups in total. The Morgan fingerprint density at radius 3 is 1.41 bits per heavy atom. The summed E-state index contributed by atoms with van der Waals surface area (Å²) in [5.74, 6) is -1.99. The smallest absolute Gasteiger partial charge is 0.335 e. The first kappa shape index (κ1) is 12.7. The van der Waals surface area contributed by atoms with Crippen LogP contribution in [0, 0.1) is 0 Å². The van der Waals surface area contributed by atoms with Crippen LogP contribution in [0.15, 0.2) is 36.4 Å². The van der Waals surface area contributed by atoms with Gasteiger partial charge in [0.2, 0.25) is 0 Å². The Balaban J connectivity index is 0.00000144. The molecule has 2 rings (SSSR count). The molecule has 17 heavy (non-hydrogen) atoms. The van der Waals surface area contributed by atoms with Crippen molar-refractivity contribution in [3.63, 3.8) is 0 Å². The van der Waals surface area contributed by atoms with Crippen molar-refractivity contribution < 1.29 is 25.3 Å². The lowest BCUT2D eigenvalue weighted by molar-refractivity contribution is 0.0686. The van der Waals surface area contributed by atoms with Gasteiger partial charge >= 0.3 is 11.9 Å². The van der Waals surface area contributed by atoms with Crippen LogP contribution in [0.25, 0.3) is 10.8 Å². The van der Waals surface area contributed by atoms with Crippen LogP contribution in [0.4, 0.5) is 0 Å². The molecule has 0 bridgehead atoms. The minimum absolute atomic E-state index is 0. The van der Waals surface area contributed by atoms with Crippen molar-refractivity contribution >= 4 is 22.7 Å². The van der Waals surface area contributed by atoms with Gasteiger partial charge in [0.05, 0.1) is 11.1 Å². The van der Waals surface area contributed by atoms with Gasteiger partial charge in [0, 0.05) is 0 Å². The monoisotopic (exact) mass is 234 g/mol. The summed E-state index contributed by atoms with van der Waals surface area (Å²) in [6.45, 7) is 0. The number of aromatic carboxylic acids is 2. The van der Waals surface area contributed by atoms with E-state index >= 15 is 0 Å². The van der Waals surface area contributed by atoms with Crippen LogP contribution in [0.3, 0.4) is 0 Å². The summed E-state index contributed by atoms with van der Waals surface area (Å²) in [5, 5.41) is 19.0. The molecular formula is C12H10O5. The molecule has 2 aromatic carbocycles. The third kappa shape index (κ3) is 2.40. The Morgan fingerprint density at radius 2 is 1.12 bits per heavy atom. The van der Waals surface area contributed by atoms with Gasteiger partial charge in [-0.05, 0) is 35.0 Å². The van der Waals surface area contributed by atoms with Crippen molar-refractivity contribution in [3.8, 4) is 0 Å². The lowest BCUT2D eigenvalue weighted by Gasteiger charge is -2.01. The second-order valence-electron chi connectivity index (χ2n) is 3.39. The van der Waals surface area contributed by atoms with Gasteiger partial charge in [-0.25, -0.2) is 9.59 Å². The van der Waals surface area contributed by atoms with E-state index in [9.17, 15) is 9.59 Å². The molecule has 0 aliphatic rings. The Morgan fingerprint density at radius 1 is 0.765 bits per heavy atom. The van der Waals surface area contributed by atoms with Gasteiger partial charge < -0.3 is 15.7 Å². The molecule has 0 amide bonds. The van der Waals surface area contributed by atoms with Crippen molar-refractivity contribution in [3.05, 3.63) is 47.5 Å². The van der Waals surface area contributed by atoms with Gasteiger partial charge in [-0.1, -0.05) is 12.1 Å². The summed E-state index contributed by atoms with van der Waals surface area (Å²) in [5.41, 5.74) is 0.381. The number of carbonyl (C=O) groups is 2. The average molecular weight is 234 g/mol. The molecule has 0 aromatic heterocycles. The molecule has 5 nitrogen and oxygen atoms in total. The highest BCUT2D eigenvalue weighted by Gasteiger charge is 2.06. The minimum atomic E-state index is -0.996. The van der Waals surface area contributed by atoms with Gasteiger partial charge in [-0.3, -0.25) is 0 Å². The Hall–Kier alpha value is -2.40. The first-order valence-electron chi connectivity index (χ1n) is 4.58. The number of benzene rings is 2. The van der Waals surface area contributed by atoms with E-state index in [0.717, 1.165) is 0 Å². The summed E-state index contributed by atoms with van der Waals surface area (Å²) in [6.07, 6.45) is 0. The highest BCUT2D eigenvalue weighted by Crippen LogP contribution is 2.18. The summed E-state index contributed by atoms with van der Waals surface area (Å²) in [6, 6.07) is 9.15. The van der Waals surface area contributed by atoms with E-state index in [-0.39, 0.29) is 16.6 Å². The number of hydrogen-bond acceptors (Lipinski definition) is 2. The lowest BCUT2D eigenvalue weighted by atomic mass is 10.0. The van der Waals surface area contributed by atoms with Crippen molar-refractivity contribution in [1.82, 2.24) is 0 Å². The van der Waals surface area contributed by atoms with Crippen LogP contribution < -0.4 is 0 Å². The quantitative estimate of drug-likeness (QED) is 0.819. The van der Waals surface area contributed by atoms with Crippen molar-refractivity contribution in [2.24, 2.45) is 0 Å². The van der Waals surface area contributed by atoms with Crippen molar-refractivity contribution in [2.45, 2.75) is 0 Å². The molecule has 0 fully saturated rings. The van der Waals surface area contributed by atoms with E-state index in [1.165, 1.54) is 24.3 Å². The van der Waals surface area contributed by atoms with Crippen LogP contribution in [0.5, 0.6) is 0 Å². The van der Waals surface area contributed by atoms with E-state index in [1.54, 1.807) is 12.1 Å². The molecule has 0 unspecified atom stereocenters. The second kappa shape index (κ2) is 4.63. The number of hydrogen-bond donors (Lipinski definition) is 2. The largest absolute Gasteiger partial charge is 0.478 e. The predicted octanol–water partition coefficient (Wildman–Crippen LogP) is 1.41. The number of carboxylic acid groups (broad SMARTS) is 2. The third-order valence-electron chi connectivity index (χ3n) is 2.33. The Kier molecular flexibility index (Phi) is 3.45. The highest BCUT2D eigenvalue weighted by atomic mass is 16.4. The highest BCUT2D eigenvalue weighted by molar-refractivity contribution is 5.97. The molecule has 2 aromatic rings. The predicted molar refractivity (Wildman–Crippen MR) is 61.5 cm³/mol. The second-order valence-corrected chi connectivity index (χ2v) is 3.39. The summed E-state index contributed by atoms with van der Waals surface area (Å²) < 4.78 is 0. The van der Waals surface area contributed by atoms with Crippen molar-refractivity contribution in [1.29, 1.82) is 0 Å². The summed E-state index contributed by atoms with van der Waals surface area (Å²) in [4.78, 5) is 21.5. The molecule has 0 spiro atoms. The number of carboxylic acids is 2. The zero-order valence-electron chi connectivity index (χ0n) is 8.68. The van der Waals surface area contributed by atoms with Gasteiger partial charge in [0.15, 0.2) is 0 Å². The molecule has 0 radical (unpaired) electrons. The average Bonchev–Trinajstić information content (AvgIpc) is 2.27. The van der Waals surface area contributed by atoms with E-state index in [2.05, 4.69) is 0 Å². The maximum Gasteiger partial charge on any atom is 0.335 e. The molecule has 0 saturated carbocycles. The molecule has 5 heteroatoms. The molecule has 0 heterocycles. The normalized spacial score (nSPS) is 9.65. The third-order valence-corrected chi connectivity index (χ3v) is 2.33. The Bertz CT molecular complexity index is 535. The van der Waals surface area contributed by atoms with E-state index in [0.29, 0.717) is 10.8 Å². The first-order valence-corrected chi connectivity index (χ1v) is 4.58. The number of rotatable bonds is 2. The maximum absolute atomic E-state index is 10.7. The van der Waals surface area contributed by atoms with Crippen LogP contribution in [-0.4, -0.2) is 27.6 Å². The lowest BCUT2D eigenvalue weighted by Crippen LogP contribution is -1.97. The van der Waals surface area contributed by atoms with E-state index in [4.69, 9.17) is 10.2 Å². The molecular weight excluding hydrogens is 224 g/mol. The number of fused-ring (bicyclic) bond motifs is 1. The molecule has 0 saturated heterocycles. The molecule has 0 atom stereocenters. The fraction of sp³-hybridized carbons (Fsp3) is 0. The molecule has 88 valence electrons. The van der Waals surface area contributed by atoms with Gasteiger partial charge in [0.1, 0.15) is 0 Å². The zero-order chi connectivity index (χ0) is 11.7. The van der Waals surface area contributed by atoms with Gasteiger partial charge in [-0.15, -0.1) is 0 Å². The van der Waals surface area contributed by atoms with E-state index < -0.39 is 11.9 Å². The van der Waals surface area contributed by atoms with E-state index in [1.807, 2.05) is 0 Å². The topological polar surface area (TPSA) is 106 Å². The molecule has 0 aliphatic carbocycles. The fourth-order valence-electron chi connectivity index (χ4n) is 1.51. The zero-order valence-corrected chi connectivity index (χ0v) is 8.68. The maximum atomic E-state index is 10.7.